The quantitative estimate of drug-likeness (QED) is 0.512. The van der Waals surface area contributed by atoms with E-state index in [1.807, 2.05) is 13.8 Å². The molecule has 5 nitrogen and oxygen atoms in total. The zero-order chi connectivity index (χ0) is 15.4. The molecule has 21 heavy (non-hydrogen) atoms. The molecule has 2 aromatic rings. The van der Waals surface area contributed by atoms with Crippen molar-refractivity contribution in [3.63, 3.8) is 0 Å². The lowest BCUT2D eigenvalue weighted by molar-refractivity contribution is -0.142. The van der Waals surface area contributed by atoms with Gasteiger partial charge in [0.25, 0.3) is 0 Å². The van der Waals surface area contributed by atoms with Crippen molar-refractivity contribution in [1.82, 2.24) is 15.0 Å². The molecule has 112 valence electrons. The van der Waals surface area contributed by atoms with Crippen molar-refractivity contribution < 1.29 is 9.53 Å². The van der Waals surface area contributed by atoms with Gasteiger partial charge in [-0.15, -0.1) is 24.0 Å². The molecule has 2 rings (SSSR count). The van der Waals surface area contributed by atoms with Gasteiger partial charge in [0.05, 0.1) is 23.6 Å². The molecule has 0 unspecified atom stereocenters. The normalized spacial score (nSPS) is 10.7. The number of carbonyl (C=O) groups is 1. The highest BCUT2D eigenvalue weighted by Crippen LogP contribution is 2.34. The van der Waals surface area contributed by atoms with E-state index in [1.165, 1.54) is 23.1 Å². The van der Waals surface area contributed by atoms with E-state index in [1.54, 1.807) is 13.1 Å². The fourth-order valence-electron chi connectivity index (χ4n) is 1.55. The van der Waals surface area contributed by atoms with Crippen molar-refractivity contribution >= 4 is 41.7 Å². The van der Waals surface area contributed by atoms with Crippen LogP contribution in [0.1, 0.15) is 23.3 Å². The molecule has 0 N–H and O–H groups in total. The first-order valence-electron chi connectivity index (χ1n) is 6.32. The zero-order valence-electron chi connectivity index (χ0n) is 11.9. The summed E-state index contributed by atoms with van der Waals surface area (Å²) in [4.78, 5) is 26.1. The largest absolute Gasteiger partial charge is 0.466 e. The molecule has 0 bridgehead atoms. The van der Waals surface area contributed by atoms with Crippen LogP contribution in [0.4, 0.5) is 0 Å². The number of nitrogens with zero attached hydrogens (tertiary/aromatic N) is 3. The number of thiol groups is 1. The summed E-state index contributed by atoms with van der Waals surface area (Å²) in [5.74, 6) is 0.462. The first kappa shape index (κ1) is 16.3. The third kappa shape index (κ3) is 4.42. The van der Waals surface area contributed by atoms with Crippen molar-refractivity contribution in [1.29, 1.82) is 0 Å². The summed E-state index contributed by atoms with van der Waals surface area (Å²) < 4.78 is 5.80. The molecule has 0 fully saturated rings. The van der Waals surface area contributed by atoms with Crippen LogP contribution in [0.5, 0.6) is 0 Å². The van der Waals surface area contributed by atoms with Gasteiger partial charge in [0, 0.05) is 11.1 Å². The fraction of sp³-hybridized carbons (Fsp3) is 0.385. The molecule has 0 radical (unpaired) electrons. The third-order valence-electron chi connectivity index (χ3n) is 2.52. The van der Waals surface area contributed by atoms with E-state index in [0.29, 0.717) is 17.3 Å². The molecular weight excluding hydrogens is 326 g/mol. The SMILES string of the molecule is CCOC(=O)Cc1sc(Sc2nc(C)ncc2S)nc1C. The second-order valence-corrected chi connectivity index (χ2v) is 6.98. The summed E-state index contributed by atoms with van der Waals surface area (Å²) in [7, 11) is 0. The average molecular weight is 341 g/mol. The Kier molecular flexibility index (Phi) is 5.60. The van der Waals surface area contributed by atoms with E-state index in [2.05, 4.69) is 27.6 Å². The number of rotatable bonds is 5. The van der Waals surface area contributed by atoms with Gasteiger partial charge in [0.15, 0.2) is 4.34 Å². The summed E-state index contributed by atoms with van der Waals surface area (Å²) in [5.41, 5.74) is 0.849. The third-order valence-corrected chi connectivity index (χ3v) is 5.22. The van der Waals surface area contributed by atoms with Gasteiger partial charge in [-0.2, -0.15) is 0 Å². The molecule has 0 atom stereocenters. The summed E-state index contributed by atoms with van der Waals surface area (Å²) in [6.45, 7) is 5.91. The van der Waals surface area contributed by atoms with Gasteiger partial charge >= 0.3 is 5.97 Å². The smallest absolute Gasteiger partial charge is 0.311 e. The highest BCUT2D eigenvalue weighted by Gasteiger charge is 2.15. The molecule has 2 heterocycles. The van der Waals surface area contributed by atoms with Gasteiger partial charge in [0.2, 0.25) is 0 Å². The van der Waals surface area contributed by atoms with Crippen LogP contribution in [0.15, 0.2) is 20.5 Å². The minimum atomic E-state index is -0.228. The first-order chi connectivity index (χ1) is 9.99. The maximum Gasteiger partial charge on any atom is 0.311 e. The predicted molar refractivity (Wildman–Crippen MR) is 85.3 cm³/mol. The first-order valence-corrected chi connectivity index (χ1v) is 8.40. The lowest BCUT2D eigenvalue weighted by Crippen LogP contribution is -2.07. The van der Waals surface area contributed by atoms with Crippen molar-refractivity contribution in [3.8, 4) is 0 Å². The van der Waals surface area contributed by atoms with E-state index in [-0.39, 0.29) is 12.4 Å². The summed E-state index contributed by atoms with van der Waals surface area (Å²) in [6.07, 6.45) is 1.93. The Balaban J connectivity index is 2.15. The van der Waals surface area contributed by atoms with Gasteiger partial charge in [-0.1, -0.05) is 0 Å². The molecule has 0 aromatic carbocycles. The molecule has 0 aliphatic carbocycles. The summed E-state index contributed by atoms with van der Waals surface area (Å²) >= 11 is 7.26. The number of hydrogen-bond acceptors (Lipinski definition) is 8. The van der Waals surface area contributed by atoms with Crippen molar-refractivity contribution in [2.45, 2.75) is 41.5 Å². The van der Waals surface area contributed by atoms with Crippen molar-refractivity contribution in [2.75, 3.05) is 6.61 Å². The number of esters is 1. The Morgan fingerprint density at radius 2 is 2.19 bits per heavy atom. The Morgan fingerprint density at radius 1 is 1.43 bits per heavy atom. The predicted octanol–water partition coefficient (Wildman–Crippen LogP) is 3.10. The van der Waals surface area contributed by atoms with Gasteiger partial charge in [0.1, 0.15) is 10.9 Å². The Hall–Kier alpha value is -1.12. The molecule has 0 saturated carbocycles. The minimum Gasteiger partial charge on any atom is -0.466 e. The van der Waals surface area contributed by atoms with Gasteiger partial charge in [-0.25, -0.2) is 15.0 Å². The number of ether oxygens (including phenoxy) is 1. The van der Waals surface area contributed by atoms with Crippen LogP contribution < -0.4 is 0 Å². The van der Waals surface area contributed by atoms with Gasteiger partial charge < -0.3 is 4.74 Å². The average Bonchev–Trinajstić information content (AvgIpc) is 2.74. The Labute approximate surface area is 137 Å². The van der Waals surface area contributed by atoms with Crippen LogP contribution in [0.25, 0.3) is 0 Å². The molecule has 0 aliphatic heterocycles. The van der Waals surface area contributed by atoms with Crippen LogP contribution in [-0.4, -0.2) is 27.5 Å². The van der Waals surface area contributed by atoms with Crippen molar-refractivity contribution in [3.05, 3.63) is 22.6 Å². The lowest BCUT2D eigenvalue weighted by atomic mass is 10.3. The van der Waals surface area contributed by atoms with Crippen LogP contribution in [-0.2, 0) is 16.0 Å². The molecule has 2 aromatic heterocycles. The van der Waals surface area contributed by atoms with Gasteiger partial charge in [-0.05, 0) is 32.5 Å². The maximum atomic E-state index is 11.5. The van der Waals surface area contributed by atoms with E-state index in [9.17, 15) is 4.79 Å². The highest BCUT2D eigenvalue weighted by atomic mass is 32.2. The minimum absolute atomic E-state index is 0.228. The fourth-order valence-corrected chi connectivity index (χ4v) is 3.96. The number of thiazole rings is 1. The van der Waals surface area contributed by atoms with E-state index < -0.39 is 0 Å². The van der Waals surface area contributed by atoms with Crippen LogP contribution in [0, 0.1) is 13.8 Å². The van der Waals surface area contributed by atoms with Crippen molar-refractivity contribution in [2.24, 2.45) is 0 Å². The topological polar surface area (TPSA) is 65.0 Å². The molecular formula is C13H15N3O2S3. The standard InChI is InChI=1S/C13H15N3O2S3/c1-4-18-11(17)5-10-7(2)15-13(20-10)21-12-9(19)6-14-8(3)16-12/h6,19H,4-5H2,1-3H3. The van der Waals surface area contributed by atoms with Crippen LogP contribution >= 0.6 is 35.7 Å². The molecule has 0 saturated heterocycles. The monoisotopic (exact) mass is 341 g/mol. The Bertz CT molecular complexity index is 658. The summed E-state index contributed by atoms with van der Waals surface area (Å²) in [6, 6.07) is 0. The number of aromatic nitrogens is 3. The van der Waals surface area contributed by atoms with Crippen LogP contribution in [0.3, 0.4) is 0 Å². The molecule has 0 aliphatic rings. The Morgan fingerprint density at radius 3 is 2.90 bits per heavy atom. The highest BCUT2D eigenvalue weighted by molar-refractivity contribution is 8.01. The summed E-state index contributed by atoms with van der Waals surface area (Å²) in [5, 5.41) is 0.766. The second-order valence-electron chi connectivity index (χ2n) is 4.18. The van der Waals surface area contributed by atoms with E-state index in [0.717, 1.165) is 19.9 Å². The lowest BCUT2D eigenvalue weighted by Gasteiger charge is -2.01. The maximum absolute atomic E-state index is 11.5. The molecule has 0 spiro atoms. The number of carbonyl (C=O) groups excluding carboxylic acids is 1. The second kappa shape index (κ2) is 7.24. The van der Waals surface area contributed by atoms with E-state index >= 15 is 0 Å². The molecule has 8 heteroatoms. The molecule has 0 amide bonds. The number of aryl methyl sites for hydroxylation is 2. The number of hydrogen-bond donors (Lipinski definition) is 1. The van der Waals surface area contributed by atoms with E-state index in [4.69, 9.17) is 4.74 Å². The van der Waals surface area contributed by atoms with Gasteiger partial charge in [-0.3, -0.25) is 4.79 Å². The zero-order valence-corrected chi connectivity index (χ0v) is 14.4. The van der Waals surface area contributed by atoms with Crippen LogP contribution in [0.2, 0.25) is 0 Å².